The highest BCUT2D eigenvalue weighted by molar-refractivity contribution is 5.32. The van der Waals surface area contributed by atoms with E-state index >= 15 is 0 Å². The lowest BCUT2D eigenvalue weighted by atomic mass is 9.47. The Morgan fingerprint density at radius 1 is 1.23 bits per heavy atom. The van der Waals surface area contributed by atoms with E-state index < -0.39 is 0 Å². The zero-order chi connectivity index (χ0) is 15.5. The zero-order valence-electron chi connectivity index (χ0n) is 14.5. The van der Waals surface area contributed by atoms with E-state index in [0.29, 0.717) is 11.3 Å². The van der Waals surface area contributed by atoms with Gasteiger partial charge >= 0.3 is 0 Å². The van der Waals surface area contributed by atoms with Gasteiger partial charge in [0.25, 0.3) is 0 Å². The molecule has 0 aromatic rings. The van der Waals surface area contributed by atoms with Gasteiger partial charge in [0.2, 0.25) is 0 Å². The standard InChI is InChI=1S/C21H32O/c1-4-14-9-11-17-16-10-8-15-7-5-6-12-20(15,2)19(16)18(22)13-21(14,17)3/h6-7,12,14,16-19,22H,4-5,8-11,13H2,1-3H3/t14-,16-,17-,18-,19+,20-,21+/m0/s1. The van der Waals surface area contributed by atoms with Gasteiger partial charge in [-0.2, -0.15) is 0 Å². The van der Waals surface area contributed by atoms with Crippen LogP contribution in [0.25, 0.3) is 0 Å². The third-order valence-corrected chi connectivity index (χ3v) is 8.24. The number of hydrogen-bond donors (Lipinski definition) is 1. The van der Waals surface area contributed by atoms with Gasteiger partial charge in [0.15, 0.2) is 0 Å². The molecule has 0 unspecified atom stereocenters. The molecule has 0 aromatic carbocycles. The second-order valence-corrected chi connectivity index (χ2v) is 8.94. The average Bonchev–Trinajstić information content (AvgIpc) is 2.82. The van der Waals surface area contributed by atoms with E-state index in [2.05, 4.69) is 39.0 Å². The second-order valence-electron chi connectivity index (χ2n) is 8.94. The van der Waals surface area contributed by atoms with Gasteiger partial charge in [0.05, 0.1) is 6.10 Å². The van der Waals surface area contributed by atoms with Crippen LogP contribution in [-0.2, 0) is 0 Å². The average molecular weight is 300 g/mol. The second kappa shape index (κ2) is 4.97. The topological polar surface area (TPSA) is 20.2 Å². The van der Waals surface area contributed by atoms with Gasteiger partial charge in [-0.15, -0.1) is 0 Å². The summed E-state index contributed by atoms with van der Waals surface area (Å²) in [5.74, 6) is 2.87. The van der Waals surface area contributed by atoms with Crippen LogP contribution < -0.4 is 0 Å². The Balaban J connectivity index is 1.73. The van der Waals surface area contributed by atoms with Crippen molar-refractivity contribution in [3.8, 4) is 0 Å². The summed E-state index contributed by atoms with van der Waals surface area (Å²) >= 11 is 0. The number of hydrogen-bond acceptors (Lipinski definition) is 1. The molecule has 1 heteroatoms. The molecule has 1 N–H and O–H groups in total. The summed E-state index contributed by atoms with van der Waals surface area (Å²) in [7, 11) is 0. The minimum atomic E-state index is -0.116. The summed E-state index contributed by atoms with van der Waals surface area (Å²) in [5, 5.41) is 11.2. The van der Waals surface area contributed by atoms with Crippen LogP contribution in [0.2, 0.25) is 0 Å². The summed E-state index contributed by atoms with van der Waals surface area (Å²) in [4.78, 5) is 0. The van der Waals surface area contributed by atoms with E-state index in [1.165, 1.54) is 32.1 Å². The molecular weight excluding hydrogens is 268 g/mol. The molecule has 122 valence electrons. The minimum Gasteiger partial charge on any atom is -0.393 e. The van der Waals surface area contributed by atoms with Crippen molar-refractivity contribution in [2.24, 2.45) is 34.5 Å². The molecule has 0 bridgehead atoms. The molecule has 7 atom stereocenters. The summed E-state index contributed by atoms with van der Waals surface area (Å²) in [6, 6.07) is 0. The Bertz CT molecular complexity index is 518. The maximum absolute atomic E-state index is 11.2. The molecule has 4 aliphatic carbocycles. The van der Waals surface area contributed by atoms with E-state index in [-0.39, 0.29) is 11.5 Å². The monoisotopic (exact) mass is 300 g/mol. The number of aliphatic hydroxyl groups is 1. The smallest absolute Gasteiger partial charge is 0.0587 e. The lowest BCUT2D eigenvalue weighted by Crippen LogP contribution is -2.55. The highest BCUT2D eigenvalue weighted by atomic mass is 16.3. The normalized spacial score (nSPS) is 53.5. The Morgan fingerprint density at radius 3 is 2.82 bits per heavy atom. The minimum absolute atomic E-state index is 0.116. The molecule has 3 fully saturated rings. The highest BCUT2D eigenvalue weighted by Gasteiger charge is 2.60. The van der Waals surface area contributed by atoms with Crippen molar-refractivity contribution in [1.29, 1.82) is 0 Å². The molecule has 0 amide bonds. The summed E-state index contributed by atoms with van der Waals surface area (Å²) in [5.41, 5.74) is 2.14. The Hall–Kier alpha value is -0.560. The number of aliphatic hydroxyl groups excluding tert-OH is 1. The van der Waals surface area contributed by atoms with Crippen LogP contribution in [-0.4, -0.2) is 11.2 Å². The predicted molar refractivity (Wildman–Crippen MR) is 91.4 cm³/mol. The van der Waals surface area contributed by atoms with Crippen molar-refractivity contribution in [3.05, 3.63) is 23.8 Å². The van der Waals surface area contributed by atoms with Gasteiger partial charge in [0, 0.05) is 11.3 Å². The Labute approximate surface area is 135 Å². The third kappa shape index (κ3) is 1.81. The first kappa shape index (κ1) is 15.0. The maximum Gasteiger partial charge on any atom is 0.0587 e. The first-order valence-electron chi connectivity index (χ1n) is 9.56. The molecule has 4 aliphatic rings. The van der Waals surface area contributed by atoms with Crippen LogP contribution in [0.15, 0.2) is 23.8 Å². The molecule has 0 spiro atoms. The predicted octanol–water partition coefficient (Wildman–Crippen LogP) is 5.11. The third-order valence-electron chi connectivity index (χ3n) is 8.24. The maximum atomic E-state index is 11.2. The molecule has 4 rings (SSSR count). The molecular formula is C21H32O. The lowest BCUT2D eigenvalue weighted by Gasteiger charge is -2.59. The SMILES string of the molecule is CC[C@H]1CC[C@H]2[C@@H]3CCC4=CCC=C[C@]4(C)[C@H]3[C@@H](O)C[C@]12C. The number of fused-ring (bicyclic) bond motifs is 5. The summed E-state index contributed by atoms with van der Waals surface area (Å²) < 4.78 is 0. The van der Waals surface area contributed by atoms with Gasteiger partial charge in [-0.25, -0.2) is 0 Å². The fourth-order valence-electron chi connectivity index (χ4n) is 7.24. The van der Waals surface area contributed by atoms with Crippen LogP contribution in [0.4, 0.5) is 0 Å². The molecule has 1 nitrogen and oxygen atoms in total. The molecule has 3 saturated carbocycles. The fraction of sp³-hybridized carbons (Fsp3) is 0.810. The number of rotatable bonds is 1. The van der Waals surface area contributed by atoms with Crippen LogP contribution >= 0.6 is 0 Å². The van der Waals surface area contributed by atoms with Crippen LogP contribution in [0.5, 0.6) is 0 Å². The van der Waals surface area contributed by atoms with Crippen molar-refractivity contribution in [1.82, 2.24) is 0 Å². The molecule has 0 aliphatic heterocycles. The molecule has 0 saturated heterocycles. The van der Waals surface area contributed by atoms with E-state index in [1.807, 2.05) is 0 Å². The van der Waals surface area contributed by atoms with E-state index in [1.54, 1.807) is 5.57 Å². The van der Waals surface area contributed by atoms with E-state index in [9.17, 15) is 5.11 Å². The Morgan fingerprint density at radius 2 is 2.05 bits per heavy atom. The molecule has 0 heterocycles. The van der Waals surface area contributed by atoms with Gasteiger partial charge in [-0.05, 0) is 61.7 Å². The molecule has 22 heavy (non-hydrogen) atoms. The largest absolute Gasteiger partial charge is 0.393 e. The molecule has 0 radical (unpaired) electrons. The van der Waals surface area contributed by atoms with Gasteiger partial charge in [-0.3, -0.25) is 0 Å². The van der Waals surface area contributed by atoms with Gasteiger partial charge in [-0.1, -0.05) is 51.0 Å². The summed E-state index contributed by atoms with van der Waals surface area (Å²) in [6.45, 7) is 7.26. The fourth-order valence-corrected chi connectivity index (χ4v) is 7.24. The zero-order valence-corrected chi connectivity index (χ0v) is 14.5. The van der Waals surface area contributed by atoms with Gasteiger partial charge < -0.3 is 5.11 Å². The first-order valence-corrected chi connectivity index (χ1v) is 9.56. The van der Waals surface area contributed by atoms with Crippen LogP contribution in [0.3, 0.4) is 0 Å². The quantitative estimate of drug-likeness (QED) is 0.667. The highest BCUT2D eigenvalue weighted by Crippen LogP contribution is 2.66. The van der Waals surface area contributed by atoms with Crippen LogP contribution in [0.1, 0.15) is 65.7 Å². The first-order chi connectivity index (χ1) is 10.5. The van der Waals surface area contributed by atoms with Crippen molar-refractivity contribution in [2.45, 2.75) is 71.8 Å². The van der Waals surface area contributed by atoms with Gasteiger partial charge in [0.1, 0.15) is 0 Å². The van der Waals surface area contributed by atoms with Crippen molar-refractivity contribution in [2.75, 3.05) is 0 Å². The Kier molecular flexibility index (Phi) is 3.39. The van der Waals surface area contributed by atoms with E-state index in [4.69, 9.17) is 0 Å². The number of allylic oxidation sites excluding steroid dienone is 4. The summed E-state index contributed by atoms with van der Waals surface area (Å²) in [6.07, 6.45) is 15.9. The lowest BCUT2D eigenvalue weighted by molar-refractivity contribution is -0.115. The molecule has 0 aromatic heterocycles. The van der Waals surface area contributed by atoms with E-state index in [0.717, 1.165) is 30.6 Å². The van der Waals surface area contributed by atoms with Crippen molar-refractivity contribution < 1.29 is 5.11 Å². The van der Waals surface area contributed by atoms with Crippen LogP contribution in [0, 0.1) is 34.5 Å². The van der Waals surface area contributed by atoms with Crippen molar-refractivity contribution >= 4 is 0 Å². The van der Waals surface area contributed by atoms with Crippen molar-refractivity contribution in [3.63, 3.8) is 0 Å².